The molecule has 0 radical (unpaired) electrons. The number of allylic oxidation sites excluding steroid dienone is 3. The first-order chi connectivity index (χ1) is 11.0. The number of fused-ring (bicyclic) bond motifs is 2. The summed E-state index contributed by atoms with van der Waals surface area (Å²) in [4.78, 5) is 27.2. The molecular weight excluding hydrogens is 290 g/mol. The Labute approximate surface area is 136 Å². The van der Waals surface area contributed by atoms with E-state index in [1.807, 2.05) is 39.0 Å². The van der Waals surface area contributed by atoms with E-state index in [1.165, 1.54) is 6.07 Å². The standard InChI is InChI=1S/C18H25N3O2/c1-4-13-12-9-16(20-17(22)10-12)14(19)8-6-7-11(3)18(23)21-15(13)5-2/h4-5,9-11,14H,6-8,19H2,1-3H3,(H,20,22)(H,21,23)/b13-4-,15-5+. The predicted octanol–water partition coefficient (Wildman–Crippen LogP) is 2.62. The van der Waals surface area contributed by atoms with Crippen LogP contribution in [0.25, 0.3) is 5.57 Å². The lowest BCUT2D eigenvalue weighted by Gasteiger charge is -2.20. The molecule has 23 heavy (non-hydrogen) atoms. The maximum atomic E-state index is 12.4. The second-order valence-corrected chi connectivity index (χ2v) is 6.02. The Morgan fingerprint density at radius 2 is 1.91 bits per heavy atom. The number of hydrogen-bond donors (Lipinski definition) is 3. The monoisotopic (exact) mass is 315 g/mol. The van der Waals surface area contributed by atoms with Gasteiger partial charge in [-0.25, -0.2) is 0 Å². The van der Waals surface area contributed by atoms with Gasteiger partial charge in [-0.15, -0.1) is 0 Å². The summed E-state index contributed by atoms with van der Waals surface area (Å²) in [5.41, 5.74) is 9.09. The molecule has 2 rings (SSSR count). The minimum atomic E-state index is -0.232. The molecule has 2 atom stereocenters. The Hall–Kier alpha value is -2.14. The number of carbonyl (C=O) groups is 1. The van der Waals surface area contributed by atoms with Crippen molar-refractivity contribution < 1.29 is 4.79 Å². The van der Waals surface area contributed by atoms with Crippen molar-refractivity contribution in [2.45, 2.75) is 46.1 Å². The fraction of sp³-hybridized carbons (Fsp3) is 0.444. The highest BCUT2D eigenvalue weighted by atomic mass is 16.2. The average Bonchev–Trinajstić information content (AvgIpc) is 2.52. The van der Waals surface area contributed by atoms with E-state index in [1.54, 1.807) is 0 Å². The van der Waals surface area contributed by atoms with Crippen molar-refractivity contribution in [1.82, 2.24) is 10.3 Å². The molecule has 1 amide bonds. The van der Waals surface area contributed by atoms with Crippen molar-refractivity contribution in [3.8, 4) is 0 Å². The molecule has 0 aromatic carbocycles. The molecule has 2 heterocycles. The summed E-state index contributed by atoms with van der Waals surface area (Å²) in [6, 6.07) is 3.21. The van der Waals surface area contributed by atoms with E-state index in [4.69, 9.17) is 5.73 Å². The number of hydrogen-bond acceptors (Lipinski definition) is 3. The van der Waals surface area contributed by atoms with Crippen LogP contribution < -0.4 is 16.6 Å². The van der Waals surface area contributed by atoms with E-state index < -0.39 is 0 Å². The fourth-order valence-electron chi connectivity index (χ4n) is 2.88. The van der Waals surface area contributed by atoms with Crippen LogP contribution >= 0.6 is 0 Å². The van der Waals surface area contributed by atoms with Gasteiger partial charge in [-0.2, -0.15) is 0 Å². The van der Waals surface area contributed by atoms with Gasteiger partial charge in [0.2, 0.25) is 11.5 Å². The smallest absolute Gasteiger partial charge is 0.248 e. The Kier molecular flexibility index (Phi) is 5.55. The molecule has 0 saturated heterocycles. The van der Waals surface area contributed by atoms with E-state index in [2.05, 4.69) is 10.3 Å². The minimum absolute atomic E-state index is 0.00309. The third-order valence-corrected chi connectivity index (χ3v) is 4.30. The Bertz CT molecular complexity index is 700. The quantitative estimate of drug-likeness (QED) is 0.687. The first-order valence-corrected chi connectivity index (χ1v) is 8.10. The number of carbonyl (C=O) groups excluding carboxylic acids is 1. The molecule has 2 bridgehead atoms. The summed E-state index contributed by atoms with van der Waals surface area (Å²) in [7, 11) is 0. The molecule has 1 aliphatic heterocycles. The van der Waals surface area contributed by atoms with E-state index >= 15 is 0 Å². The summed E-state index contributed by atoms with van der Waals surface area (Å²) >= 11 is 0. The molecule has 0 spiro atoms. The summed E-state index contributed by atoms with van der Waals surface area (Å²) < 4.78 is 0. The Morgan fingerprint density at radius 3 is 2.57 bits per heavy atom. The molecule has 0 aliphatic carbocycles. The van der Waals surface area contributed by atoms with Crippen LogP contribution in [0.5, 0.6) is 0 Å². The van der Waals surface area contributed by atoms with Gasteiger partial charge < -0.3 is 16.0 Å². The number of amides is 1. The molecule has 1 aromatic heterocycles. The lowest BCUT2D eigenvalue weighted by molar-refractivity contribution is -0.123. The van der Waals surface area contributed by atoms with Crippen LogP contribution in [0.2, 0.25) is 0 Å². The highest BCUT2D eigenvalue weighted by Crippen LogP contribution is 2.25. The SMILES string of the molecule is C/C=C1\C(=C/C)NC(=O)C(C)CCCC(N)c2cc1cc(=O)[nH]2. The van der Waals surface area contributed by atoms with E-state index in [0.717, 1.165) is 41.8 Å². The van der Waals surface area contributed by atoms with Crippen molar-refractivity contribution in [3.05, 3.63) is 51.6 Å². The molecule has 5 nitrogen and oxygen atoms in total. The van der Waals surface area contributed by atoms with Crippen LogP contribution in [0.4, 0.5) is 0 Å². The van der Waals surface area contributed by atoms with Gasteiger partial charge in [0.05, 0.1) is 0 Å². The minimum Gasteiger partial charge on any atom is -0.326 e. The lowest BCUT2D eigenvalue weighted by Crippen LogP contribution is -2.30. The first kappa shape index (κ1) is 17.2. The number of pyridine rings is 1. The van der Waals surface area contributed by atoms with Gasteiger partial charge in [-0.1, -0.05) is 25.5 Å². The zero-order valence-electron chi connectivity index (χ0n) is 14.0. The van der Waals surface area contributed by atoms with E-state index in [-0.39, 0.29) is 23.4 Å². The van der Waals surface area contributed by atoms with Crippen LogP contribution in [-0.2, 0) is 4.79 Å². The summed E-state index contributed by atoms with van der Waals surface area (Å²) in [6.07, 6.45) is 6.09. The molecule has 1 aliphatic rings. The van der Waals surface area contributed by atoms with Gasteiger partial charge in [0, 0.05) is 35.0 Å². The van der Waals surface area contributed by atoms with Crippen molar-refractivity contribution in [2.75, 3.05) is 0 Å². The van der Waals surface area contributed by atoms with Crippen LogP contribution in [-0.4, -0.2) is 10.9 Å². The molecule has 0 saturated carbocycles. The number of H-pyrrole nitrogens is 1. The van der Waals surface area contributed by atoms with Gasteiger partial charge in [0.25, 0.3) is 0 Å². The van der Waals surface area contributed by atoms with Crippen LogP contribution in [0.15, 0.2) is 34.8 Å². The normalized spacial score (nSPS) is 26.5. The topological polar surface area (TPSA) is 88.0 Å². The maximum absolute atomic E-state index is 12.4. The number of rotatable bonds is 0. The zero-order valence-corrected chi connectivity index (χ0v) is 14.0. The Morgan fingerprint density at radius 1 is 1.17 bits per heavy atom. The first-order valence-electron chi connectivity index (χ1n) is 8.10. The van der Waals surface area contributed by atoms with Crippen LogP contribution in [0.1, 0.15) is 57.3 Å². The van der Waals surface area contributed by atoms with Crippen molar-refractivity contribution >= 4 is 11.5 Å². The van der Waals surface area contributed by atoms with Crippen LogP contribution in [0, 0.1) is 5.92 Å². The Balaban J connectivity index is 2.56. The van der Waals surface area contributed by atoms with Gasteiger partial charge >= 0.3 is 0 Å². The van der Waals surface area contributed by atoms with Crippen molar-refractivity contribution in [1.29, 1.82) is 0 Å². The molecular formula is C18H25N3O2. The number of nitrogens with two attached hydrogens (primary N) is 1. The number of aromatic amines is 1. The third kappa shape index (κ3) is 3.99. The molecule has 0 fully saturated rings. The van der Waals surface area contributed by atoms with Gasteiger partial charge in [-0.05, 0) is 38.3 Å². The molecule has 1 aromatic rings. The number of aromatic nitrogens is 1. The van der Waals surface area contributed by atoms with E-state index in [0.29, 0.717) is 0 Å². The van der Waals surface area contributed by atoms with E-state index in [9.17, 15) is 9.59 Å². The zero-order chi connectivity index (χ0) is 17.0. The van der Waals surface area contributed by atoms with Gasteiger partial charge in [0.1, 0.15) is 0 Å². The summed E-state index contributed by atoms with van der Waals surface area (Å²) in [5, 5.41) is 2.99. The highest BCUT2D eigenvalue weighted by Gasteiger charge is 2.19. The predicted molar refractivity (Wildman–Crippen MR) is 92.6 cm³/mol. The third-order valence-electron chi connectivity index (χ3n) is 4.30. The molecule has 5 heteroatoms. The van der Waals surface area contributed by atoms with Gasteiger partial charge in [-0.3, -0.25) is 9.59 Å². The summed E-state index contributed by atoms with van der Waals surface area (Å²) in [5.74, 6) is -0.0799. The van der Waals surface area contributed by atoms with Crippen LogP contribution in [0.3, 0.4) is 0 Å². The molecule has 124 valence electrons. The average molecular weight is 315 g/mol. The maximum Gasteiger partial charge on any atom is 0.248 e. The second-order valence-electron chi connectivity index (χ2n) is 6.02. The largest absolute Gasteiger partial charge is 0.326 e. The lowest BCUT2D eigenvalue weighted by atomic mass is 9.95. The fourth-order valence-corrected chi connectivity index (χ4v) is 2.88. The number of nitrogens with one attached hydrogen (secondary N) is 2. The highest BCUT2D eigenvalue weighted by molar-refractivity contribution is 5.87. The molecule has 4 N–H and O–H groups in total. The second kappa shape index (κ2) is 7.42. The molecule has 2 unspecified atom stereocenters. The van der Waals surface area contributed by atoms with Crippen molar-refractivity contribution in [2.24, 2.45) is 11.7 Å². The van der Waals surface area contributed by atoms with Crippen molar-refractivity contribution in [3.63, 3.8) is 0 Å². The summed E-state index contributed by atoms with van der Waals surface area (Å²) in [6.45, 7) is 5.69. The van der Waals surface area contributed by atoms with Gasteiger partial charge in [0.15, 0.2) is 0 Å².